The van der Waals surface area contributed by atoms with E-state index in [0.29, 0.717) is 15.6 Å². The highest BCUT2D eigenvalue weighted by Gasteiger charge is 2.45. The molecule has 8 heteroatoms. The molecule has 1 aliphatic heterocycles. The molecule has 112 valence electrons. The normalized spacial score (nSPS) is 25.4. The van der Waals surface area contributed by atoms with Gasteiger partial charge in [-0.05, 0) is 12.1 Å². The first-order valence-electron chi connectivity index (χ1n) is 6.33. The molecule has 0 bridgehead atoms. The summed E-state index contributed by atoms with van der Waals surface area (Å²) in [6.07, 6.45) is 2.57. The van der Waals surface area contributed by atoms with E-state index in [1.807, 2.05) is 0 Å². The second-order valence-corrected chi connectivity index (χ2v) is 5.55. The first kappa shape index (κ1) is 14.7. The lowest BCUT2D eigenvalue weighted by Crippen LogP contribution is -2.34. The third kappa shape index (κ3) is 2.90. The summed E-state index contributed by atoms with van der Waals surface area (Å²) in [5, 5.41) is 14.3. The monoisotopic (exact) mass is 329 g/mol. The first-order valence-corrected chi connectivity index (χ1v) is 7.09. The van der Waals surface area contributed by atoms with Crippen LogP contribution in [0.4, 0.5) is 0 Å². The van der Waals surface area contributed by atoms with Crippen molar-refractivity contribution in [2.24, 2.45) is 0 Å². The van der Waals surface area contributed by atoms with Crippen LogP contribution in [0.5, 0.6) is 0 Å². The number of aliphatic hydroxyl groups is 1. The molecule has 0 radical (unpaired) electrons. The lowest BCUT2D eigenvalue weighted by molar-refractivity contribution is -0.191. The zero-order valence-electron chi connectivity index (χ0n) is 10.9. The van der Waals surface area contributed by atoms with Gasteiger partial charge < -0.3 is 14.6 Å². The number of benzene rings is 1. The molecule has 0 amide bonds. The Morgan fingerprint density at radius 3 is 2.90 bits per heavy atom. The Morgan fingerprint density at radius 1 is 1.43 bits per heavy atom. The van der Waals surface area contributed by atoms with Crippen molar-refractivity contribution < 1.29 is 14.6 Å². The van der Waals surface area contributed by atoms with Crippen LogP contribution < -0.4 is 0 Å². The van der Waals surface area contributed by atoms with E-state index in [9.17, 15) is 5.11 Å². The van der Waals surface area contributed by atoms with Gasteiger partial charge in [0.2, 0.25) is 5.79 Å². The average molecular weight is 330 g/mol. The number of ether oxygens (including phenoxy) is 2. The maximum Gasteiger partial charge on any atom is 0.217 e. The van der Waals surface area contributed by atoms with Gasteiger partial charge >= 0.3 is 0 Å². The number of hydrogen-bond donors (Lipinski definition) is 1. The van der Waals surface area contributed by atoms with Crippen molar-refractivity contribution in [2.75, 3.05) is 13.2 Å². The van der Waals surface area contributed by atoms with Crippen LogP contribution in [-0.2, 0) is 21.8 Å². The van der Waals surface area contributed by atoms with Gasteiger partial charge in [-0.25, -0.2) is 9.67 Å². The molecule has 0 aliphatic carbocycles. The number of halogens is 2. The van der Waals surface area contributed by atoms with Crippen LogP contribution >= 0.6 is 23.2 Å². The third-order valence-corrected chi connectivity index (χ3v) is 3.79. The zero-order chi connectivity index (χ0) is 14.9. The van der Waals surface area contributed by atoms with E-state index in [1.54, 1.807) is 29.2 Å². The van der Waals surface area contributed by atoms with Crippen LogP contribution in [-0.4, -0.2) is 39.2 Å². The molecule has 2 aromatic rings. The molecule has 0 unspecified atom stereocenters. The Kier molecular flexibility index (Phi) is 4.14. The number of aromatic nitrogens is 3. The summed E-state index contributed by atoms with van der Waals surface area (Å²) in [4.78, 5) is 3.90. The number of aliphatic hydroxyl groups excluding tert-OH is 1. The highest BCUT2D eigenvalue weighted by molar-refractivity contribution is 6.35. The fraction of sp³-hybridized carbons (Fsp3) is 0.385. The Balaban J connectivity index is 1.99. The minimum Gasteiger partial charge on any atom is -0.394 e. The molecule has 0 saturated carbocycles. The van der Waals surface area contributed by atoms with Gasteiger partial charge in [0.1, 0.15) is 25.3 Å². The fourth-order valence-electron chi connectivity index (χ4n) is 2.29. The van der Waals surface area contributed by atoms with Gasteiger partial charge in [0.25, 0.3) is 0 Å². The third-order valence-electron chi connectivity index (χ3n) is 3.24. The Morgan fingerprint density at radius 2 is 2.29 bits per heavy atom. The molecule has 6 nitrogen and oxygen atoms in total. The molecule has 1 aliphatic rings. The molecule has 1 aromatic carbocycles. The largest absolute Gasteiger partial charge is 0.394 e. The highest BCUT2D eigenvalue weighted by atomic mass is 35.5. The molecule has 1 N–H and O–H groups in total. The van der Waals surface area contributed by atoms with Crippen molar-refractivity contribution >= 4 is 23.2 Å². The smallest absolute Gasteiger partial charge is 0.217 e. The van der Waals surface area contributed by atoms with E-state index in [-0.39, 0.29) is 19.8 Å². The van der Waals surface area contributed by atoms with Gasteiger partial charge in [-0.15, -0.1) is 0 Å². The van der Waals surface area contributed by atoms with Gasteiger partial charge in [0.15, 0.2) is 0 Å². The molecule has 1 saturated heterocycles. The Bertz CT molecular complexity index is 623. The van der Waals surface area contributed by atoms with Crippen LogP contribution in [0.3, 0.4) is 0 Å². The van der Waals surface area contributed by atoms with E-state index in [0.717, 1.165) is 0 Å². The van der Waals surface area contributed by atoms with Crippen molar-refractivity contribution in [1.82, 2.24) is 14.8 Å². The SMILES string of the molecule is OC[C@H]1CO[C@](Cn2cncn2)(c2ccc(Cl)cc2Cl)O1. The summed E-state index contributed by atoms with van der Waals surface area (Å²) in [6.45, 7) is 0.402. The summed E-state index contributed by atoms with van der Waals surface area (Å²) in [6, 6.07) is 5.09. The molecule has 1 fully saturated rings. The van der Waals surface area contributed by atoms with Gasteiger partial charge in [0.05, 0.1) is 18.2 Å². The first-order chi connectivity index (χ1) is 10.1. The van der Waals surface area contributed by atoms with Crippen LogP contribution in [0.1, 0.15) is 5.56 Å². The summed E-state index contributed by atoms with van der Waals surface area (Å²) in [5.41, 5.74) is 0.639. The standard InChI is InChI=1S/C13H13Cl2N3O3/c14-9-1-2-11(12(15)3-9)13(6-18-8-16-7-17-18)20-5-10(4-19)21-13/h1-3,7-8,10,19H,4-6H2/t10-,13-/m0/s1. The number of rotatable bonds is 4. The molecule has 21 heavy (non-hydrogen) atoms. The highest BCUT2D eigenvalue weighted by Crippen LogP contribution is 2.40. The van der Waals surface area contributed by atoms with Gasteiger partial charge in [0, 0.05) is 10.6 Å². The maximum atomic E-state index is 9.29. The molecule has 2 heterocycles. The lowest BCUT2D eigenvalue weighted by Gasteiger charge is -2.29. The maximum absolute atomic E-state index is 9.29. The minimum absolute atomic E-state index is 0.135. The molecule has 3 rings (SSSR count). The van der Waals surface area contributed by atoms with E-state index >= 15 is 0 Å². The van der Waals surface area contributed by atoms with E-state index in [2.05, 4.69) is 10.1 Å². The quantitative estimate of drug-likeness (QED) is 0.926. The summed E-state index contributed by atoms with van der Waals surface area (Å²) in [7, 11) is 0. The average Bonchev–Trinajstić information content (AvgIpc) is 3.09. The van der Waals surface area contributed by atoms with Crippen molar-refractivity contribution in [3.8, 4) is 0 Å². The van der Waals surface area contributed by atoms with Crippen LogP contribution in [0, 0.1) is 0 Å². The second-order valence-electron chi connectivity index (χ2n) is 4.70. The van der Waals surface area contributed by atoms with E-state index < -0.39 is 11.9 Å². The van der Waals surface area contributed by atoms with Crippen molar-refractivity contribution in [1.29, 1.82) is 0 Å². The summed E-state index contributed by atoms with van der Waals surface area (Å²) in [5.74, 6) is -1.12. The van der Waals surface area contributed by atoms with E-state index in [1.165, 1.54) is 6.33 Å². The Hall–Kier alpha value is -1.18. The van der Waals surface area contributed by atoms with Crippen LogP contribution in [0.2, 0.25) is 10.0 Å². The van der Waals surface area contributed by atoms with Gasteiger partial charge in [-0.3, -0.25) is 0 Å². The summed E-state index contributed by atoms with van der Waals surface area (Å²) >= 11 is 12.2. The topological polar surface area (TPSA) is 69.4 Å². The van der Waals surface area contributed by atoms with Gasteiger partial charge in [-0.1, -0.05) is 29.3 Å². The van der Waals surface area contributed by atoms with Crippen molar-refractivity contribution in [2.45, 2.75) is 18.4 Å². The van der Waals surface area contributed by atoms with E-state index in [4.69, 9.17) is 32.7 Å². The molecule has 1 aromatic heterocycles. The molecule has 0 spiro atoms. The molecular formula is C13H13Cl2N3O3. The molecular weight excluding hydrogens is 317 g/mol. The molecule has 2 atom stereocenters. The number of hydrogen-bond acceptors (Lipinski definition) is 5. The lowest BCUT2D eigenvalue weighted by atomic mass is 10.1. The van der Waals surface area contributed by atoms with Crippen LogP contribution in [0.25, 0.3) is 0 Å². The van der Waals surface area contributed by atoms with Crippen molar-refractivity contribution in [3.05, 3.63) is 46.5 Å². The van der Waals surface area contributed by atoms with Crippen molar-refractivity contribution in [3.63, 3.8) is 0 Å². The summed E-state index contributed by atoms with van der Waals surface area (Å²) < 4.78 is 13.3. The predicted molar refractivity (Wildman–Crippen MR) is 76.1 cm³/mol. The predicted octanol–water partition coefficient (Wildman–Crippen LogP) is 1.85. The van der Waals surface area contributed by atoms with Crippen LogP contribution in [0.15, 0.2) is 30.9 Å². The van der Waals surface area contributed by atoms with Gasteiger partial charge in [-0.2, -0.15) is 5.10 Å². The zero-order valence-corrected chi connectivity index (χ0v) is 12.5. The number of nitrogens with zero attached hydrogens (tertiary/aromatic N) is 3. The minimum atomic E-state index is -1.12. The second kappa shape index (κ2) is 5.90. The Labute approximate surface area is 131 Å². The fourth-order valence-corrected chi connectivity index (χ4v) is 2.84.